The van der Waals surface area contributed by atoms with E-state index in [4.69, 9.17) is 5.26 Å². The fourth-order valence-corrected chi connectivity index (χ4v) is 1.66. The lowest BCUT2D eigenvalue weighted by molar-refractivity contribution is 1.53. The summed E-state index contributed by atoms with van der Waals surface area (Å²) >= 11 is 5.60. The molecule has 0 atom stereocenters. The fraction of sp³-hybridized carbons (Fsp3) is 0. The summed E-state index contributed by atoms with van der Waals surface area (Å²) in [5.41, 5.74) is 1.06. The van der Waals surface area contributed by atoms with Crippen LogP contribution < -0.4 is 0 Å². The first-order valence-corrected chi connectivity index (χ1v) is 5.12. The molecule has 0 spiro atoms. The van der Waals surface area contributed by atoms with Crippen LogP contribution in [0.25, 0.3) is 6.08 Å². The van der Waals surface area contributed by atoms with E-state index >= 15 is 0 Å². The van der Waals surface area contributed by atoms with Crippen LogP contribution in [-0.2, 0) is 0 Å². The largest absolute Gasteiger partial charge is 0.193 e. The van der Waals surface area contributed by atoms with Crippen molar-refractivity contribution in [3.05, 3.63) is 37.9 Å². The van der Waals surface area contributed by atoms with Crippen molar-refractivity contribution in [1.29, 1.82) is 5.26 Å². The van der Waals surface area contributed by atoms with Crippen LogP contribution in [0, 0.1) is 14.9 Å². The van der Waals surface area contributed by atoms with E-state index in [1.807, 2.05) is 24.3 Å². The van der Waals surface area contributed by atoms with Crippen LogP contribution in [0.2, 0.25) is 0 Å². The molecule has 0 aliphatic carbocycles. The lowest BCUT2D eigenvalue weighted by atomic mass is 10.2. The van der Waals surface area contributed by atoms with E-state index < -0.39 is 0 Å². The summed E-state index contributed by atoms with van der Waals surface area (Å²) in [6, 6.07) is 7.92. The Morgan fingerprint density at radius 2 is 2.25 bits per heavy atom. The second-order valence-corrected chi connectivity index (χ2v) is 4.21. The molecule has 0 aromatic heterocycles. The Kier molecular flexibility index (Phi) is 3.76. The van der Waals surface area contributed by atoms with Crippen molar-refractivity contribution >= 4 is 44.6 Å². The number of benzene rings is 1. The van der Waals surface area contributed by atoms with E-state index in [2.05, 4.69) is 38.5 Å². The Hall–Kier alpha value is -0.340. The van der Waals surface area contributed by atoms with Crippen LogP contribution >= 0.6 is 38.5 Å². The van der Waals surface area contributed by atoms with Crippen LogP contribution in [0.15, 0.2) is 28.7 Å². The minimum atomic E-state index is 1.03. The van der Waals surface area contributed by atoms with Gasteiger partial charge in [-0.2, -0.15) is 5.26 Å². The molecular weight excluding hydrogens is 329 g/mol. The maximum Gasteiger partial charge on any atom is 0.0912 e. The van der Waals surface area contributed by atoms with Crippen LogP contribution in [-0.4, -0.2) is 0 Å². The van der Waals surface area contributed by atoms with Gasteiger partial charge in [-0.15, -0.1) is 0 Å². The monoisotopic (exact) mass is 333 g/mol. The number of halogens is 2. The van der Waals surface area contributed by atoms with Crippen molar-refractivity contribution in [3.8, 4) is 6.07 Å². The van der Waals surface area contributed by atoms with E-state index in [-0.39, 0.29) is 0 Å². The molecule has 0 aliphatic rings. The molecule has 0 bridgehead atoms. The molecule has 0 aliphatic heterocycles. The highest BCUT2D eigenvalue weighted by atomic mass is 127. The molecule has 0 saturated carbocycles. The van der Waals surface area contributed by atoms with Gasteiger partial charge in [-0.3, -0.25) is 0 Å². The Labute approximate surface area is 93.4 Å². The van der Waals surface area contributed by atoms with Gasteiger partial charge in [-0.05, 0) is 52.4 Å². The van der Waals surface area contributed by atoms with E-state index in [0.717, 1.165) is 13.6 Å². The molecule has 0 heterocycles. The average molecular weight is 334 g/mol. The highest BCUT2D eigenvalue weighted by molar-refractivity contribution is 14.1. The lowest BCUT2D eigenvalue weighted by Crippen LogP contribution is -1.78. The molecule has 1 nitrogen and oxygen atoms in total. The zero-order valence-electron chi connectivity index (χ0n) is 6.09. The van der Waals surface area contributed by atoms with Gasteiger partial charge in [0.25, 0.3) is 0 Å². The number of nitrogens with zero attached hydrogens (tertiary/aromatic N) is 1. The Balaban J connectivity index is 3.07. The van der Waals surface area contributed by atoms with Crippen LogP contribution in [0.5, 0.6) is 0 Å². The van der Waals surface area contributed by atoms with Crippen LogP contribution in [0.3, 0.4) is 0 Å². The van der Waals surface area contributed by atoms with Crippen molar-refractivity contribution < 1.29 is 0 Å². The van der Waals surface area contributed by atoms with E-state index in [1.165, 1.54) is 6.08 Å². The van der Waals surface area contributed by atoms with Gasteiger partial charge >= 0.3 is 0 Å². The Morgan fingerprint density at radius 1 is 1.50 bits per heavy atom. The van der Waals surface area contributed by atoms with Gasteiger partial charge in [0.15, 0.2) is 0 Å². The molecule has 1 rings (SSSR count). The average Bonchev–Trinajstić information content (AvgIpc) is 2.07. The SMILES string of the molecule is N#CC=Cc1cc(Br)ccc1I. The lowest BCUT2D eigenvalue weighted by Gasteiger charge is -1.97. The summed E-state index contributed by atoms with van der Waals surface area (Å²) in [6.45, 7) is 0. The predicted octanol–water partition coefficient (Wildman–Crippen LogP) is 3.59. The van der Waals surface area contributed by atoms with Gasteiger partial charge in [-0.1, -0.05) is 15.9 Å². The van der Waals surface area contributed by atoms with Gasteiger partial charge in [-0.25, -0.2) is 0 Å². The molecule has 12 heavy (non-hydrogen) atoms. The topological polar surface area (TPSA) is 23.8 Å². The van der Waals surface area contributed by atoms with Crippen LogP contribution in [0.4, 0.5) is 0 Å². The van der Waals surface area contributed by atoms with Crippen molar-refractivity contribution in [2.75, 3.05) is 0 Å². The smallest absolute Gasteiger partial charge is 0.0912 e. The summed E-state index contributed by atoms with van der Waals surface area (Å²) in [5.74, 6) is 0. The van der Waals surface area contributed by atoms with Crippen molar-refractivity contribution in [3.63, 3.8) is 0 Å². The molecule has 1 aromatic carbocycles. The standard InChI is InChI=1S/C9H5BrIN/c10-8-3-4-9(11)7(6-8)2-1-5-12/h1-4,6H. The van der Waals surface area contributed by atoms with Crippen molar-refractivity contribution in [1.82, 2.24) is 0 Å². The zero-order chi connectivity index (χ0) is 8.97. The second-order valence-electron chi connectivity index (χ2n) is 2.13. The minimum absolute atomic E-state index is 1.03. The molecule has 3 heteroatoms. The van der Waals surface area contributed by atoms with Gasteiger partial charge in [0, 0.05) is 14.1 Å². The van der Waals surface area contributed by atoms with Gasteiger partial charge in [0.1, 0.15) is 0 Å². The molecule has 0 amide bonds. The number of hydrogen-bond donors (Lipinski definition) is 0. The second kappa shape index (κ2) is 4.63. The molecule has 0 radical (unpaired) electrons. The first-order chi connectivity index (χ1) is 5.74. The fourth-order valence-electron chi connectivity index (χ4n) is 0.769. The van der Waals surface area contributed by atoms with Crippen molar-refractivity contribution in [2.45, 2.75) is 0 Å². The van der Waals surface area contributed by atoms with Crippen molar-refractivity contribution in [2.24, 2.45) is 0 Å². The number of hydrogen-bond acceptors (Lipinski definition) is 1. The maximum absolute atomic E-state index is 8.34. The highest BCUT2D eigenvalue weighted by Crippen LogP contribution is 2.19. The minimum Gasteiger partial charge on any atom is -0.193 e. The van der Waals surface area contributed by atoms with Gasteiger partial charge < -0.3 is 0 Å². The predicted molar refractivity (Wildman–Crippen MR) is 61.5 cm³/mol. The zero-order valence-corrected chi connectivity index (χ0v) is 9.83. The summed E-state index contributed by atoms with van der Waals surface area (Å²) < 4.78 is 2.17. The molecule has 0 saturated heterocycles. The van der Waals surface area contributed by atoms with Gasteiger partial charge in [0.2, 0.25) is 0 Å². The molecule has 0 unspecified atom stereocenters. The Morgan fingerprint density at radius 3 is 2.92 bits per heavy atom. The Bertz CT molecular complexity index is 352. The number of rotatable bonds is 1. The third kappa shape index (κ3) is 2.61. The number of allylic oxidation sites excluding steroid dienone is 1. The number of nitriles is 1. The first kappa shape index (κ1) is 9.75. The molecular formula is C9H5BrIN. The quantitative estimate of drug-likeness (QED) is 0.569. The molecule has 60 valence electrons. The first-order valence-electron chi connectivity index (χ1n) is 3.25. The highest BCUT2D eigenvalue weighted by Gasteiger charge is 1.95. The summed E-state index contributed by atoms with van der Waals surface area (Å²) in [6.07, 6.45) is 3.27. The third-order valence-electron chi connectivity index (χ3n) is 1.30. The molecule has 1 aromatic rings. The summed E-state index contributed by atoms with van der Waals surface area (Å²) in [4.78, 5) is 0. The van der Waals surface area contributed by atoms with E-state index in [9.17, 15) is 0 Å². The van der Waals surface area contributed by atoms with Gasteiger partial charge in [0.05, 0.1) is 6.07 Å². The van der Waals surface area contributed by atoms with E-state index in [1.54, 1.807) is 6.08 Å². The maximum atomic E-state index is 8.34. The summed E-state index contributed by atoms with van der Waals surface area (Å²) in [7, 11) is 0. The molecule has 0 fully saturated rings. The third-order valence-corrected chi connectivity index (χ3v) is 2.77. The van der Waals surface area contributed by atoms with E-state index in [0.29, 0.717) is 0 Å². The summed E-state index contributed by atoms with van der Waals surface area (Å²) in [5, 5.41) is 8.34. The normalized spacial score (nSPS) is 10.1. The molecule has 0 N–H and O–H groups in total. The van der Waals surface area contributed by atoms with Crippen LogP contribution in [0.1, 0.15) is 5.56 Å².